The summed E-state index contributed by atoms with van der Waals surface area (Å²) in [7, 11) is -2.60. The number of carbonyl (C=O) groups is 1. The largest absolute Gasteiger partial charge is 1.00 e. The average molecular weight is 332 g/mol. The first-order valence-electron chi connectivity index (χ1n) is 6.97. The van der Waals surface area contributed by atoms with Crippen LogP contribution in [0.5, 0.6) is 0 Å². The van der Waals surface area contributed by atoms with Gasteiger partial charge in [0.05, 0.1) is 16.7 Å². The monoisotopic (exact) mass is 332 g/mol. The van der Waals surface area contributed by atoms with E-state index in [4.69, 9.17) is 9.47 Å². The van der Waals surface area contributed by atoms with Crippen LogP contribution in [0.2, 0.25) is 0 Å². The van der Waals surface area contributed by atoms with Crippen LogP contribution in [-0.4, -0.2) is 44.5 Å². The fourth-order valence-corrected chi connectivity index (χ4v) is 2.14. The SMILES string of the molecule is COCCOC(=O)CCCCCCCC(C)S(=O)(=O)[O-].[Na+]. The average Bonchev–Trinajstić information content (AvgIpc) is 2.36. The quantitative estimate of drug-likeness (QED) is 0.194. The molecular formula is C13H25NaO6S. The molecule has 1 atom stereocenters. The van der Waals surface area contributed by atoms with Crippen LogP contribution < -0.4 is 29.6 Å². The van der Waals surface area contributed by atoms with Crippen molar-refractivity contribution in [3.8, 4) is 0 Å². The van der Waals surface area contributed by atoms with Crippen molar-refractivity contribution in [1.82, 2.24) is 0 Å². The van der Waals surface area contributed by atoms with Crippen molar-refractivity contribution in [2.45, 2.75) is 57.1 Å². The van der Waals surface area contributed by atoms with Crippen molar-refractivity contribution in [1.29, 1.82) is 0 Å². The van der Waals surface area contributed by atoms with E-state index < -0.39 is 15.4 Å². The van der Waals surface area contributed by atoms with Gasteiger partial charge in [-0.3, -0.25) is 4.79 Å². The first-order valence-corrected chi connectivity index (χ1v) is 8.44. The van der Waals surface area contributed by atoms with Crippen molar-refractivity contribution in [3.63, 3.8) is 0 Å². The van der Waals surface area contributed by atoms with Gasteiger partial charge in [-0.2, -0.15) is 0 Å². The van der Waals surface area contributed by atoms with Gasteiger partial charge in [-0.25, -0.2) is 8.42 Å². The number of carbonyl (C=O) groups excluding carboxylic acids is 1. The van der Waals surface area contributed by atoms with E-state index in [2.05, 4.69) is 0 Å². The van der Waals surface area contributed by atoms with E-state index in [1.807, 2.05) is 0 Å². The molecule has 6 nitrogen and oxygen atoms in total. The Morgan fingerprint density at radius 1 is 1.10 bits per heavy atom. The van der Waals surface area contributed by atoms with E-state index in [1.54, 1.807) is 7.11 Å². The topological polar surface area (TPSA) is 92.7 Å². The number of ether oxygens (including phenoxy) is 2. The molecular weight excluding hydrogens is 307 g/mol. The molecule has 0 N–H and O–H groups in total. The Morgan fingerprint density at radius 2 is 1.67 bits per heavy atom. The summed E-state index contributed by atoms with van der Waals surface area (Å²) < 4.78 is 41.7. The van der Waals surface area contributed by atoms with Crippen LogP contribution in [0, 0.1) is 0 Å². The van der Waals surface area contributed by atoms with Gasteiger partial charge in [-0.15, -0.1) is 0 Å². The molecule has 0 aromatic rings. The zero-order chi connectivity index (χ0) is 15.4. The third-order valence-corrected chi connectivity index (χ3v) is 4.26. The van der Waals surface area contributed by atoms with E-state index in [0.717, 1.165) is 32.1 Å². The molecule has 0 fully saturated rings. The molecule has 120 valence electrons. The predicted molar refractivity (Wildman–Crippen MR) is 74.3 cm³/mol. The number of hydrogen-bond acceptors (Lipinski definition) is 6. The summed E-state index contributed by atoms with van der Waals surface area (Å²) in [5.41, 5.74) is 0. The standard InChI is InChI=1S/C13H26O6S.Na/c1-12(20(15,16)17)8-6-4-3-5-7-9-13(14)19-11-10-18-2;/h12H,3-11H2,1-2H3,(H,15,16,17);/q;+1/p-1. The van der Waals surface area contributed by atoms with E-state index in [0.29, 0.717) is 19.4 Å². The molecule has 8 heteroatoms. The molecule has 0 aliphatic rings. The summed E-state index contributed by atoms with van der Waals surface area (Å²) in [5, 5.41) is -0.807. The first kappa shape index (κ1) is 23.6. The van der Waals surface area contributed by atoms with Crippen LogP contribution in [0.4, 0.5) is 0 Å². The summed E-state index contributed by atoms with van der Waals surface area (Å²) in [6.45, 7) is 2.14. The van der Waals surface area contributed by atoms with Crippen molar-refractivity contribution < 1.29 is 56.8 Å². The van der Waals surface area contributed by atoms with Crippen molar-refractivity contribution in [2.24, 2.45) is 0 Å². The molecule has 0 aromatic carbocycles. The second-order valence-corrected chi connectivity index (χ2v) is 6.61. The Hall–Kier alpha value is 0.340. The maximum atomic E-state index is 11.2. The molecule has 0 bridgehead atoms. The number of hydrogen-bond donors (Lipinski definition) is 0. The summed E-state index contributed by atoms with van der Waals surface area (Å²) in [4.78, 5) is 11.2. The Kier molecular flexibility index (Phi) is 15.7. The van der Waals surface area contributed by atoms with E-state index in [9.17, 15) is 17.8 Å². The molecule has 0 saturated heterocycles. The van der Waals surface area contributed by atoms with E-state index in [1.165, 1.54) is 6.92 Å². The van der Waals surface area contributed by atoms with Crippen LogP contribution in [0.25, 0.3) is 0 Å². The van der Waals surface area contributed by atoms with Crippen molar-refractivity contribution in [2.75, 3.05) is 20.3 Å². The Labute approximate surface area is 150 Å². The maximum Gasteiger partial charge on any atom is 1.00 e. The minimum atomic E-state index is -4.14. The summed E-state index contributed by atoms with van der Waals surface area (Å²) in [6.07, 6.45) is 5.00. The zero-order valence-corrected chi connectivity index (χ0v) is 16.1. The molecule has 0 aliphatic heterocycles. The third kappa shape index (κ3) is 15.0. The predicted octanol–water partition coefficient (Wildman–Crippen LogP) is -1.16. The van der Waals surface area contributed by atoms with Gasteiger partial charge in [-0.1, -0.05) is 25.7 Å². The second kappa shape index (κ2) is 14.0. The summed E-state index contributed by atoms with van der Waals surface area (Å²) >= 11 is 0. The third-order valence-electron chi connectivity index (χ3n) is 3.03. The molecule has 1 unspecified atom stereocenters. The molecule has 0 heterocycles. The Morgan fingerprint density at radius 3 is 2.24 bits per heavy atom. The number of unbranched alkanes of at least 4 members (excludes halogenated alkanes) is 4. The van der Waals surface area contributed by atoms with Crippen molar-refractivity contribution in [3.05, 3.63) is 0 Å². The molecule has 21 heavy (non-hydrogen) atoms. The fraction of sp³-hybridized carbons (Fsp3) is 0.923. The van der Waals surface area contributed by atoms with Gasteiger partial charge in [0.2, 0.25) is 0 Å². The van der Waals surface area contributed by atoms with Gasteiger partial charge in [0.15, 0.2) is 0 Å². The van der Waals surface area contributed by atoms with Crippen LogP contribution in [-0.2, 0) is 24.4 Å². The van der Waals surface area contributed by atoms with E-state index >= 15 is 0 Å². The first-order chi connectivity index (χ1) is 9.38. The van der Waals surface area contributed by atoms with Gasteiger partial charge in [0.1, 0.15) is 6.61 Å². The van der Waals surface area contributed by atoms with Gasteiger partial charge < -0.3 is 14.0 Å². The van der Waals surface area contributed by atoms with Crippen molar-refractivity contribution >= 4 is 16.1 Å². The molecule has 0 aliphatic carbocycles. The Bertz CT molecular complexity index is 358. The molecule has 0 aromatic heterocycles. The molecule has 0 amide bonds. The Balaban J connectivity index is 0. The second-order valence-electron chi connectivity index (χ2n) is 4.82. The molecule has 0 rings (SSSR count). The molecule has 0 radical (unpaired) electrons. The van der Waals surface area contributed by atoms with Gasteiger partial charge in [-0.05, 0) is 19.8 Å². The molecule has 0 spiro atoms. The van der Waals surface area contributed by atoms with Gasteiger partial charge >= 0.3 is 35.5 Å². The fourth-order valence-electron chi connectivity index (χ4n) is 1.69. The number of esters is 1. The van der Waals surface area contributed by atoms with Crippen LogP contribution in [0.1, 0.15) is 51.9 Å². The minimum absolute atomic E-state index is 0. The molecule has 0 saturated carbocycles. The summed E-state index contributed by atoms with van der Waals surface area (Å²) in [6, 6.07) is 0. The summed E-state index contributed by atoms with van der Waals surface area (Å²) in [5.74, 6) is -0.215. The normalized spacial score (nSPS) is 12.5. The number of rotatable bonds is 12. The smallest absolute Gasteiger partial charge is 0.748 e. The zero-order valence-electron chi connectivity index (χ0n) is 13.3. The van der Waals surface area contributed by atoms with E-state index in [-0.39, 0.29) is 42.1 Å². The van der Waals surface area contributed by atoms with Crippen LogP contribution >= 0.6 is 0 Å². The van der Waals surface area contributed by atoms with Gasteiger partial charge in [0, 0.05) is 18.8 Å². The van der Waals surface area contributed by atoms with Gasteiger partial charge in [0.25, 0.3) is 0 Å². The van der Waals surface area contributed by atoms with Crippen LogP contribution in [0.3, 0.4) is 0 Å². The maximum absolute atomic E-state index is 11.2. The number of methoxy groups -OCH3 is 1. The van der Waals surface area contributed by atoms with Crippen LogP contribution in [0.15, 0.2) is 0 Å². The minimum Gasteiger partial charge on any atom is -0.748 e.